The fraction of sp³-hybridized carbons (Fsp3) is 0.200. The topological polar surface area (TPSA) is 55.4 Å². The number of benzene rings is 1. The van der Waals surface area contributed by atoms with Crippen molar-refractivity contribution in [3.63, 3.8) is 0 Å². The zero-order valence-corrected chi connectivity index (χ0v) is 7.74. The van der Waals surface area contributed by atoms with Gasteiger partial charge in [0.05, 0.1) is 0 Å². The molecule has 0 aliphatic carbocycles. The molecule has 0 saturated heterocycles. The van der Waals surface area contributed by atoms with Crippen molar-refractivity contribution < 1.29 is 4.79 Å². The van der Waals surface area contributed by atoms with Gasteiger partial charge in [-0.15, -0.1) is 0 Å². The first-order valence-electron chi connectivity index (χ1n) is 3.98. The number of carbonyl (C=O) groups excluding carboxylic acids is 1. The minimum Gasteiger partial charge on any atom is -0.366 e. The first kappa shape index (κ1) is 9.45. The lowest BCUT2D eigenvalue weighted by Crippen LogP contribution is -2.14. The van der Waals surface area contributed by atoms with Crippen molar-refractivity contribution in [2.75, 3.05) is 7.05 Å². The number of hydrogen-bond acceptors (Lipinski definition) is 2. The van der Waals surface area contributed by atoms with Crippen LogP contribution >= 0.6 is 0 Å². The van der Waals surface area contributed by atoms with E-state index in [4.69, 9.17) is 5.73 Å². The molecule has 0 aromatic heterocycles. The van der Waals surface area contributed by atoms with E-state index >= 15 is 0 Å². The zero-order valence-electron chi connectivity index (χ0n) is 7.74. The van der Waals surface area contributed by atoms with Gasteiger partial charge < -0.3 is 5.73 Å². The fourth-order valence-corrected chi connectivity index (χ4v) is 1.20. The van der Waals surface area contributed by atoms with Crippen LogP contribution in [0.5, 0.6) is 0 Å². The number of rotatable bonds is 2. The average Bonchev–Trinajstić information content (AvgIpc) is 2.08. The van der Waals surface area contributed by atoms with Crippen LogP contribution in [0.2, 0.25) is 0 Å². The van der Waals surface area contributed by atoms with Crippen LogP contribution in [-0.4, -0.2) is 19.2 Å². The standard InChI is InChI=1S/C10H12N2O/c1-7-4-3-5-8(10(11)13)9(7)6-12-2/h3-6H,1-2H3,(H2,11,13). The summed E-state index contributed by atoms with van der Waals surface area (Å²) in [6.45, 7) is 1.92. The van der Waals surface area contributed by atoms with E-state index in [2.05, 4.69) is 4.99 Å². The number of carbonyl (C=O) groups is 1. The quantitative estimate of drug-likeness (QED) is 0.675. The van der Waals surface area contributed by atoms with Crippen LogP contribution in [0.3, 0.4) is 0 Å². The van der Waals surface area contributed by atoms with Crippen molar-refractivity contribution >= 4 is 12.1 Å². The highest BCUT2D eigenvalue weighted by atomic mass is 16.1. The van der Waals surface area contributed by atoms with E-state index in [1.807, 2.05) is 19.1 Å². The van der Waals surface area contributed by atoms with Gasteiger partial charge in [-0.1, -0.05) is 12.1 Å². The Hall–Kier alpha value is -1.64. The largest absolute Gasteiger partial charge is 0.366 e. The van der Waals surface area contributed by atoms with Gasteiger partial charge in [0.2, 0.25) is 5.91 Å². The van der Waals surface area contributed by atoms with Gasteiger partial charge in [-0.3, -0.25) is 9.79 Å². The lowest BCUT2D eigenvalue weighted by molar-refractivity contribution is 0.1000. The van der Waals surface area contributed by atoms with Crippen LogP contribution < -0.4 is 5.73 Å². The molecule has 0 unspecified atom stereocenters. The lowest BCUT2D eigenvalue weighted by Gasteiger charge is -2.04. The Labute approximate surface area is 77.3 Å². The Kier molecular flexibility index (Phi) is 2.80. The van der Waals surface area contributed by atoms with Crippen LogP contribution in [0.1, 0.15) is 21.5 Å². The van der Waals surface area contributed by atoms with Crippen molar-refractivity contribution in [1.29, 1.82) is 0 Å². The summed E-state index contributed by atoms with van der Waals surface area (Å²) in [5.41, 5.74) is 7.54. The van der Waals surface area contributed by atoms with Crippen LogP contribution in [0.15, 0.2) is 23.2 Å². The average molecular weight is 176 g/mol. The van der Waals surface area contributed by atoms with E-state index in [1.165, 1.54) is 0 Å². The highest BCUT2D eigenvalue weighted by Gasteiger charge is 2.07. The van der Waals surface area contributed by atoms with E-state index in [0.717, 1.165) is 11.1 Å². The smallest absolute Gasteiger partial charge is 0.249 e. The van der Waals surface area contributed by atoms with Crippen molar-refractivity contribution in [2.45, 2.75) is 6.92 Å². The minimum absolute atomic E-state index is 0.418. The Morgan fingerprint density at radius 3 is 2.77 bits per heavy atom. The van der Waals surface area contributed by atoms with Gasteiger partial charge in [-0.05, 0) is 18.6 Å². The molecule has 68 valence electrons. The molecule has 1 aromatic rings. The molecule has 0 fully saturated rings. The number of aryl methyl sites for hydroxylation is 1. The third kappa shape index (κ3) is 1.93. The van der Waals surface area contributed by atoms with Crippen LogP contribution in [0, 0.1) is 6.92 Å². The van der Waals surface area contributed by atoms with Crippen LogP contribution in [-0.2, 0) is 0 Å². The van der Waals surface area contributed by atoms with Crippen molar-refractivity contribution in [2.24, 2.45) is 10.7 Å². The number of aliphatic imine (C=N–C) groups is 1. The Morgan fingerprint density at radius 1 is 1.54 bits per heavy atom. The van der Waals surface area contributed by atoms with E-state index in [9.17, 15) is 4.79 Å². The van der Waals surface area contributed by atoms with Crippen molar-refractivity contribution in [1.82, 2.24) is 0 Å². The second kappa shape index (κ2) is 3.85. The van der Waals surface area contributed by atoms with Gasteiger partial charge in [0.25, 0.3) is 0 Å². The van der Waals surface area contributed by atoms with Gasteiger partial charge in [0, 0.05) is 24.4 Å². The SMILES string of the molecule is CN=Cc1c(C)cccc1C(N)=O. The Morgan fingerprint density at radius 2 is 2.23 bits per heavy atom. The van der Waals surface area contributed by atoms with Crippen LogP contribution in [0.4, 0.5) is 0 Å². The molecule has 0 bridgehead atoms. The van der Waals surface area contributed by atoms with Gasteiger partial charge >= 0.3 is 0 Å². The van der Waals surface area contributed by atoms with Crippen LogP contribution in [0.25, 0.3) is 0 Å². The molecule has 0 heterocycles. The number of primary amides is 1. The van der Waals surface area contributed by atoms with Gasteiger partial charge in [0.1, 0.15) is 0 Å². The van der Waals surface area contributed by atoms with Crippen molar-refractivity contribution in [3.05, 3.63) is 34.9 Å². The lowest BCUT2D eigenvalue weighted by atomic mass is 10.0. The predicted molar refractivity (Wildman–Crippen MR) is 53.2 cm³/mol. The molecule has 2 N–H and O–H groups in total. The molecular formula is C10H12N2O. The molecule has 0 saturated carbocycles. The van der Waals surface area contributed by atoms with Gasteiger partial charge in [0.15, 0.2) is 0 Å². The maximum atomic E-state index is 11.0. The van der Waals surface area contributed by atoms with E-state index < -0.39 is 5.91 Å². The molecule has 0 atom stereocenters. The van der Waals surface area contributed by atoms with E-state index in [0.29, 0.717) is 5.56 Å². The maximum absolute atomic E-state index is 11.0. The number of nitrogens with two attached hydrogens (primary N) is 1. The summed E-state index contributed by atoms with van der Waals surface area (Å²) in [5.74, 6) is -0.418. The third-order valence-corrected chi connectivity index (χ3v) is 1.85. The second-order valence-corrected chi connectivity index (χ2v) is 2.79. The molecule has 1 aromatic carbocycles. The molecule has 1 amide bonds. The fourth-order valence-electron chi connectivity index (χ4n) is 1.20. The van der Waals surface area contributed by atoms with E-state index in [1.54, 1.807) is 19.3 Å². The molecule has 1 rings (SSSR count). The molecule has 0 aliphatic rings. The van der Waals surface area contributed by atoms with Crippen molar-refractivity contribution in [3.8, 4) is 0 Å². The summed E-state index contributed by atoms with van der Waals surface area (Å²) in [7, 11) is 1.66. The van der Waals surface area contributed by atoms with E-state index in [-0.39, 0.29) is 0 Å². The Balaban J connectivity index is 3.33. The molecule has 0 radical (unpaired) electrons. The third-order valence-electron chi connectivity index (χ3n) is 1.85. The molecule has 0 spiro atoms. The predicted octanol–water partition coefficient (Wildman–Crippen LogP) is 1.14. The van der Waals surface area contributed by atoms with Gasteiger partial charge in [-0.25, -0.2) is 0 Å². The highest BCUT2D eigenvalue weighted by Crippen LogP contribution is 2.11. The summed E-state index contributed by atoms with van der Waals surface area (Å²) in [4.78, 5) is 14.9. The normalized spacial score (nSPS) is 10.6. The minimum atomic E-state index is -0.418. The Bertz CT molecular complexity index is 356. The first-order chi connectivity index (χ1) is 6.16. The number of amides is 1. The number of hydrogen-bond donors (Lipinski definition) is 1. The molecular weight excluding hydrogens is 164 g/mol. The monoisotopic (exact) mass is 176 g/mol. The van der Waals surface area contributed by atoms with Gasteiger partial charge in [-0.2, -0.15) is 0 Å². The molecule has 13 heavy (non-hydrogen) atoms. The molecule has 3 heteroatoms. The summed E-state index contributed by atoms with van der Waals surface area (Å²) in [5, 5.41) is 0. The maximum Gasteiger partial charge on any atom is 0.249 e. The second-order valence-electron chi connectivity index (χ2n) is 2.79. The summed E-state index contributed by atoms with van der Waals surface area (Å²) in [6, 6.07) is 5.43. The number of nitrogens with zero attached hydrogens (tertiary/aromatic N) is 1. The highest BCUT2D eigenvalue weighted by molar-refractivity contribution is 6.02. The molecule has 3 nitrogen and oxygen atoms in total. The first-order valence-corrected chi connectivity index (χ1v) is 3.98. The molecule has 0 aliphatic heterocycles. The summed E-state index contributed by atoms with van der Waals surface area (Å²) < 4.78 is 0. The zero-order chi connectivity index (χ0) is 9.84. The summed E-state index contributed by atoms with van der Waals surface area (Å²) >= 11 is 0. The summed E-state index contributed by atoms with van der Waals surface area (Å²) in [6.07, 6.45) is 1.65.